The molecular formula is C8H17NO. The highest BCUT2D eigenvalue weighted by Crippen LogP contribution is 2.26. The zero-order chi connectivity index (χ0) is 8.41. The Balaban J connectivity index is 4.43. The van der Waals surface area contributed by atoms with Crippen molar-refractivity contribution in [2.24, 2.45) is 5.41 Å². The van der Waals surface area contributed by atoms with Gasteiger partial charge in [-0.1, -0.05) is 13.8 Å². The summed E-state index contributed by atoms with van der Waals surface area (Å²) in [6, 6.07) is 0. The molecule has 0 aliphatic rings. The van der Waals surface area contributed by atoms with E-state index in [1.54, 1.807) is 0 Å². The number of carbonyl (C=O) groups excluding carboxylic acids is 1. The molecular weight excluding hydrogens is 126 g/mol. The molecule has 0 heterocycles. The summed E-state index contributed by atoms with van der Waals surface area (Å²) in [5, 5.41) is 3.10. The van der Waals surface area contributed by atoms with Crippen LogP contribution in [0, 0.1) is 5.41 Å². The molecule has 0 aliphatic carbocycles. The Kier molecular flexibility index (Phi) is 2.60. The molecule has 0 radical (unpaired) electrons. The van der Waals surface area contributed by atoms with Crippen molar-refractivity contribution < 1.29 is 4.79 Å². The molecule has 0 aromatic rings. The van der Waals surface area contributed by atoms with Crippen molar-refractivity contribution in [3.05, 3.63) is 0 Å². The average Bonchev–Trinajstić information content (AvgIpc) is 1.88. The van der Waals surface area contributed by atoms with Crippen LogP contribution < -0.4 is 5.32 Å². The van der Waals surface area contributed by atoms with Crippen molar-refractivity contribution in [3.63, 3.8) is 0 Å². The third kappa shape index (κ3) is 1.57. The molecule has 10 heavy (non-hydrogen) atoms. The van der Waals surface area contributed by atoms with Gasteiger partial charge < -0.3 is 10.1 Å². The van der Waals surface area contributed by atoms with Gasteiger partial charge in [0.15, 0.2) is 0 Å². The first kappa shape index (κ1) is 9.63. The van der Waals surface area contributed by atoms with Crippen LogP contribution in [-0.4, -0.2) is 18.9 Å². The molecule has 60 valence electrons. The van der Waals surface area contributed by atoms with E-state index >= 15 is 0 Å². The maximum Gasteiger partial charge on any atom is 0.127 e. The van der Waals surface area contributed by atoms with Crippen LogP contribution in [-0.2, 0) is 4.79 Å². The minimum atomic E-state index is -0.304. The largest absolute Gasteiger partial charge is 0.314 e. The topological polar surface area (TPSA) is 29.1 Å². The van der Waals surface area contributed by atoms with E-state index in [-0.39, 0.29) is 11.0 Å². The average molecular weight is 143 g/mol. The Morgan fingerprint density at radius 3 is 1.70 bits per heavy atom. The van der Waals surface area contributed by atoms with Crippen molar-refractivity contribution >= 4 is 6.29 Å². The summed E-state index contributed by atoms with van der Waals surface area (Å²) in [4.78, 5) is 10.6. The van der Waals surface area contributed by atoms with Crippen LogP contribution in [0.4, 0.5) is 0 Å². The summed E-state index contributed by atoms with van der Waals surface area (Å²) in [7, 11) is 1.87. The zero-order valence-corrected chi connectivity index (χ0v) is 7.49. The third-order valence-electron chi connectivity index (χ3n) is 2.53. The number of hydrogen-bond acceptors (Lipinski definition) is 2. The second kappa shape index (κ2) is 2.70. The van der Waals surface area contributed by atoms with E-state index < -0.39 is 0 Å². The summed E-state index contributed by atoms with van der Waals surface area (Å²) in [5.74, 6) is 0. The lowest BCUT2D eigenvalue weighted by Crippen LogP contribution is -2.50. The lowest BCUT2D eigenvalue weighted by Gasteiger charge is -2.36. The van der Waals surface area contributed by atoms with Gasteiger partial charge in [0, 0.05) is 11.0 Å². The number of aldehydes is 1. The smallest absolute Gasteiger partial charge is 0.127 e. The quantitative estimate of drug-likeness (QED) is 0.602. The molecule has 0 spiro atoms. The normalized spacial score (nSPS) is 13.3. The fourth-order valence-corrected chi connectivity index (χ4v) is 0.469. The highest BCUT2D eigenvalue weighted by molar-refractivity contribution is 5.60. The Hall–Kier alpha value is -0.370. The van der Waals surface area contributed by atoms with Gasteiger partial charge in [-0.2, -0.15) is 0 Å². The standard InChI is InChI=1S/C8H17NO/c1-7(2,6-10)8(3,4)9-5/h6,9H,1-5H3. The molecule has 0 aromatic carbocycles. The Bertz CT molecular complexity index is 127. The highest BCUT2D eigenvalue weighted by atomic mass is 16.1. The van der Waals surface area contributed by atoms with E-state index in [0.29, 0.717) is 0 Å². The second-order valence-corrected chi connectivity index (χ2v) is 3.71. The van der Waals surface area contributed by atoms with Crippen LogP contribution in [0.15, 0.2) is 0 Å². The first-order valence-corrected chi connectivity index (χ1v) is 3.52. The van der Waals surface area contributed by atoms with Gasteiger partial charge in [0.05, 0.1) is 0 Å². The van der Waals surface area contributed by atoms with E-state index in [4.69, 9.17) is 0 Å². The zero-order valence-electron chi connectivity index (χ0n) is 7.49. The minimum absolute atomic E-state index is 0.130. The molecule has 0 amide bonds. The fourth-order valence-electron chi connectivity index (χ4n) is 0.469. The molecule has 0 atom stereocenters. The van der Waals surface area contributed by atoms with Crippen LogP contribution in [0.1, 0.15) is 27.7 Å². The van der Waals surface area contributed by atoms with Crippen molar-refractivity contribution in [1.82, 2.24) is 5.32 Å². The predicted molar refractivity (Wildman–Crippen MR) is 43.0 cm³/mol. The van der Waals surface area contributed by atoms with Gasteiger partial charge in [0.1, 0.15) is 6.29 Å². The molecule has 0 aromatic heterocycles. The van der Waals surface area contributed by atoms with E-state index in [1.807, 2.05) is 34.7 Å². The maximum absolute atomic E-state index is 10.6. The first-order chi connectivity index (χ1) is 4.37. The van der Waals surface area contributed by atoms with Gasteiger partial charge in [-0.15, -0.1) is 0 Å². The fraction of sp³-hybridized carbons (Fsp3) is 0.875. The van der Waals surface area contributed by atoms with Crippen molar-refractivity contribution in [3.8, 4) is 0 Å². The summed E-state index contributed by atoms with van der Waals surface area (Å²) in [6.07, 6.45) is 0.990. The van der Waals surface area contributed by atoms with Crippen LogP contribution in [0.5, 0.6) is 0 Å². The minimum Gasteiger partial charge on any atom is -0.314 e. The van der Waals surface area contributed by atoms with Crippen LogP contribution >= 0.6 is 0 Å². The molecule has 0 saturated carbocycles. The molecule has 2 nitrogen and oxygen atoms in total. The summed E-state index contributed by atoms with van der Waals surface area (Å²) in [5.41, 5.74) is -0.434. The Labute approximate surface area is 63.0 Å². The number of rotatable bonds is 3. The van der Waals surface area contributed by atoms with Gasteiger partial charge in [0.2, 0.25) is 0 Å². The van der Waals surface area contributed by atoms with E-state index in [0.717, 1.165) is 6.29 Å². The molecule has 0 aliphatic heterocycles. The Morgan fingerprint density at radius 1 is 1.20 bits per heavy atom. The van der Waals surface area contributed by atoms with Crippen LogP contribution in [0.25, 0.3) is 0 Å². The van der Waals surface area contributed by atoms with Gasteiger partial charge in [-0.3, -0.25) is 0 Å². The van der Waals surface area contributed by atoms with Crippen molar-refractivity contribution in [1.29, 1.82) is 0 Å². The van der Waals surface area contributed by atoms with Gasteiger partial charge >= 0.3 is 0 Å². The first-order valence-electron chi connectivity index (χ1n) is 3.52. The molecule has 0 unspecified atom stereocenters. The van der Waals surface area contributed by atoms with Crippen LogP contribution in [0.3, 0.4) is 0 Å². The van der Waals surface area contributed by atoms with E-state index in [2.05, 4.69) is 5.32 Å². The van der Waals surface area contributed by atoms with E-state index in [9.17, 15) is 4.79 Å². The Morgan fingerprint density at radius 2 is 1.60 bits per heavy atom. The molecule has 1 N–H and O–H groups in total. The third-order valence-corrected chi connectivity index (χ3v) is 2.53. The molecule has 2 heteroatoms. The lowest BCUT2D eigenvalue weighted by atomic mass is 9.76. The second-order valence-electron chi connectivity index (χ2n) is 3.71. The van der Waals surface area contributed by atoms with Gasteiger partial charge in [0.25, 0.3) is 0 Å². The predicted octanol–water partition coefficient (Wildman–Crippen LogP) is 1.21. The van der Waals surface area contributed by atoms with Crippen molar-refractivity contribution in [2.75, 3.05) is 7.05 Å². The van der Waals surface area contributed by atoms with Crippen LogP contribution in [0.2, 0.25) is 0 Å². The molecule has 0 saturated heterocycles. The van der Waals surface area contributed by atoms with Crippen molar-refractivity contribution in [2.45, 2.75) is 33.2 Å². The molecule has 0 fully saturated rings. The monoisotopic (exact) mass is 143 g/mol. The van der Waals surface area contributed by atoms with E-state index in [1.165, 1.54) is 0 Å². The highest BCUT2D eigenvalue weighted by Gasteiger charge is 2.34. The number of carbonyl (C=O) groups is 1. The summed E-state index contributed by atoms with van der Waals surface area (Å²) >= 11 is 0. The SMILES string of the molecule is CNC(C)(C)C(C)(C)C=O. The number of nitrogens with one attached hydrogen (secondary N) is 1. The summed E-state index contributed by atoms with van der Waals surface area (Å²) in [6.45, 7) is 7.88. The summed E-state index contributed by atoms with van der Waals surface area (Å²) < 4.78 is 0. The lowest BCUT2D eigenvalue weighted by molar-refractivity contribution is -0.117. The molecule has 0 rings (SSSR count). The number of hydrogen-bond donors (Lipinski definition) is 1. The maximum atomic E-state index is 10.6. The van der Waals surface area contributed by atoms with Gasteiger partial charge in [-0.05, 0) is 20.9 Å². The molecule has 0 bridgehead atoms. The van der Waals surface area contributed by atoms with Gasteiger partial charge in [-0.25, -0.2) is 0 Å².